The summed E-state index contributed by atoms with van der Waals surface area (Å²) in [5.74, 6) is 0.187. The van der Waals surface area contributed by atoms with Crippen molar-refractivity contribution < 1.29 is 9.59 Å². The lowest BCUT2D eigenvalue weighted by Gasteiger charge is -2.39. The number of amides is 2. The standard InChI is InChI=1S/C20H33N5O2S/c1-14-15(2)28-20(21-14)22-18(26)13-25-9-5-6-16(12-25)19(27)24(4)17-7-10-23(3)11-8-17/h16-17H,5-13H2,1-4H3,(H,21,22,26). The van der Waals surface area contributed by atoms with Gasteiger partial charge in [-0.2, -0.15) is 0 Å². The molecule has 0 radical (unpaired) electrons. The zero-order valence-electron chi connectivity index (χ0n) is 17.5. The lowest BCUT2D eigenvalue weighted by molar-refractivity contribution is -0.139. The van der Waals surface area contributed by atoms with Gasteiger partial charge in [-0.25, -0.2) is 4.98 Å². The highest BCUT2D eigenvalue weighted by atomic mass is 32.1. The van der Waals surface area contributed by atoms with Crippen molar-refractivity contribution in [3.8, 4) is 0 Å². The maximum Gasteiger partial charge on any atom is 0.240 e. The van der Waals surface area contributed by atoms with Gasteiger partial charge in [0.05, 0.1) is 18.2 Å². The number of hydrogen-bond donors (Lipinski definition) is 1. The molecular weight excluding hydrogens is 374 g/mol. The van der Waals surface area contributed by atoms with Gasteiger partial charge < -0.3 is 15.1 Å². The fraction of sp³-hybridized carbons (Fsp3) is 0.750. The average Bonchev–Trinajstić information content (AvgIpc) is 2.98. The van der Waals surface area contributed by atoms with E-state index in [1.54, 1.807) is 0 Å². The molecule has 0 bridgehead atoms. The minimum absolute atomic E-state index is 0.00411. The van der Waals surface area contributed by atoms with Crippen LogP contribution < -0.4 is 5.32 Å². The van der Waals surface area contributed by atoms with Crippen molar-refractivity contribution in [2.45, 2.75) is 45.6 Å². The second-order valence-electron chi connectivity index (χ2n) is 8.27. The second-order valence-corrected chi connectivity index (χ2v) is 9.47. The summed E-state index contributed by atoms with van der Waals surface area (Å²) in [5.41, 5.74) is 0.959. The summed E-state index contributed by atoms with van der Waals surface area (Å²) < 4.78 is 0. The Morgan fingerprint density at radius 1 is 1.21 bits per heavy atom. The molecule has 0 spiro atoms. The maximum absolute atomic E-state index is 13.0. The normalized spacial score (nSPS) is 22.2. The average molecular weight is 408 g/mol. The van der Waals surface area contributed by atoms with E-state index in [0.717, 1.165) is 55.9 Å². The number of aromatic nitrogens is 1. The number of thiazole rings is 1. The van der Waals surface area contributed by atoms with E-state index < -0.39 is 0 Å². The molecule has 3 rings (SSSR count). The Morgan fingerprint density at radius 2 is 1.93 bits per heavy atom. The van der Waals surface area contributed by atoms with Crippen molar-refractivity contribution in [3.05, 3.63) is 10.6 Å². The number of rotatable bonds is 5. The van der Waals surface area contributed by atoms with E-state index in [-0.39, 0.29) is 17.7 Å². The van der Waals surface area contributed by atoms with E-state index >= 15 is 0 Å². The molecule has 7 nitrogen and oxygen atoms in total. The lowest BCUT2D eigenvalue weighted by atomic mass is 9.94. The highest BCUT2D eigenvalue weighted by molar-refractivity contribution is 7.15. The van der Waals surface area contributed by atoms with Crippen molar-refractivity contribution in [2.24, 2.45) is 5.92 Å². The van der Waals surface area contributed by atoms with Crippen LogP contribution in [0.15, 0.2) is 0 Å². The van der Waals surface area contributed by atoms with E-state index in [1.165, 1.54) is 11.3 Å². The molecule has 8 heteroatoms. The van der Waals surface area contributed by atoms with E-state index in [1.807, 2.05) is 25.8 Å². The smallest absolute Gasteiger partial charge is 0.240 e. The Labute approximate surface area is 172 Å². The summed E-state index contributed by atoms with van der Waals surface area (Å²) in [6, 6.07) is 0.346. The number of carbonyl (C=O) groups excluding carboxylic acids is 2. The molecule has 1 aromatic heterocycles. The summed E-state index contributed by atoms with van der Waals surface area (Å²) in [6.07, 6.45) is 3.97. The molecular formula is C20H33N5O2S. The van der Waals surface area contributed by atoms with Gasteiger partial charge in [0.15, 0.2) is 5.13 Å². The first kappa shape index (κ1) is 21.2. The summed E-state index contributed by atoms with van der Waals surface area (Å²) >= 11 is 1.50. The third-order valence-corrected chi connectivity index (χ3v) is 7.07. The Balaban J connectivity index is 1.50. The molecule has 2 aliphatic heterocycles. The maximum atomic E-state index is 13.0. The van der Waals surface area contributed by atoms with Gasteiger partial charge in [0.25, 0.3) is 0 Å². The molecule has 1 atom stereocenters. The summed E-state index contributed by atoms with van der Waals surface area (Å²) in [6.45, 7) is 7.90. The minimum atomic E-state index is -0.0504. The molecule has 156 valence electrons. The SMILES string of the molecule is Cc1nc(NC(=O)CN2CCCC(C(=O)N(C)C3CCN(C)CC3)C2)sc1C. The van der Waals surface area contributed by atoms with Gasteiger partial charge in [-0.15, -0.1) is 11.3 Å². The van der Waals surface area contributed by atoms with Crippen LogP contribution in [0.3, 0.4) is 0 Å². The van der Waals surface area contributed by atoms with Crippen molar-refractivity contribution in [3.63, 3.8) is 0 Å². The Kier molecular flexibility index (Phi) is 7.06. The molecule has 3 heterocycles. The van der Waals surface area contributed by atoms with Crippen LogP contribution in [0.2, 0.25) is 0 Å². The summed E-state index contributed by atoms with van der Waals surface area (Å²) in [5, 5.41) is 3.56. The van der Waals surface area contributed by atoms with Crippen LogP contribution in [0.5, 0.6) is 0 Å². The first-order valence-corrected chi connectivity index (χ1v) is 11.1. The van der Waals surface area contributed by atoms with E-state index in [0.29, 0.717) is 24.3 Å². The molecule has 2 aliphatic rings. The van der Waals surface area contributed by atoms with Crippen LogP contribution in [0, 0.1) is 19.8 Å². The first-order chi connectivity index (χ1) is 13.3. The zero-order chi connectivity index (χ0) is 20.3. The van der Waals surface area contributed by atoms with Gasteiger partial charge in [-0.3, -0.25) is 14.5 Å². The summed E-state index contributed by atoms with van der Waals surface area (Å²) in [7, 11) is 4.09. The van der Waals surface area contributed by atoms with E-state index in [9.17, 15) is 9.59 Å². The number of nitrogens with zero attached hydrogens (tertiary/aromatic N) is 4. The van der Waals surface area contributed by atoms with Crippen molar-refractivity contribution in [1.29, 1.82) is 0 Å². The van der Waals surface area contributed by atoms with Gasteiger partial charge in [0.1, 0.15) is 0 Å². The fourth-order valence-corrected chi connectivity index (χ4v) is 4.97. The van der Waals surface area contributed by atoms with Crippen molar-refractivity contribution in [2.75, 3.05) is 52.1 Å². The minimum Gasteiger partial charge on any atom is -0.342 e. The molecule has 1 aromatic rings. The molecule has 1 unspecified atom stereocenters. The highest BCUT2D eigenvalue weighted by Gasteiger charge is 2.32. The van der Waals surface area contributed by atoms with Crippen LogP contribution in [0.4, 0.5) is 5.13 Å². The number of anilines is 1. The number of carbonyl (C=O) groups is 2. The monoisotopic (exact) mass is 407 g/mol. The number of hydrogen-bond acceptors (Lipinski definition) is 6. The summed E-state index contributed by atoms with van der Waals surface area (Å²) in [4.78, 5) is 37.3. The van der Waals surface area contributed by atoms with Crippen LogP contribution in [-0.2, 0) is 9.59 Å². The van der Waals surface area contributed by atoms with Gasteiger partial charge in [-0.05, 0) is 66.2 Å². The molecule has 2 amide bonds. The van der Waals surface area contributed by atoms with Crippen LogP contribution >= 0.6 is 11.3 Å². The lowest BCUT2D eigenvalue weighted by Crippen LogP contribution is -2.50. The predicted octanol–water partition coefficient (Wildman–Crippen LogP) is 1.96. The van der Waals surface area contributed by atoms with Crippen molar-refractivity contribution >= 4 is 28.3 Å². The Bertz CT molecular complexity index is 679. The second kappa shape index (κ2) is 9.33. The number of piperidine rings is 2. The third kappa shape index (κ3) is 5.30. The van der Waals surface area contributed by atoms with Crippen LogP contribution in [-0.4, -0.2) is 84.4 Å². The Hall–Kier alpha value is -1.51. The zero-order valence-corrected chi connectivity index (χ0v) is 18.3. The van der Waals surface area contributed by atoms with Gasteiger partial charge in [0, 0.05) is 24.5 Å². The molecule has 0 saturated carbocycles. The van der Waals surface area contributed by atoms with E-state index in [2.05, 4.69) is 27.1 Å². The Morgan fingerprint density at radius 3 is 2.57 bits per heavy atom. The number of aryl methyl sites for hydroxylation is 2. The number of nitrogens with one attached hydrogen (secondary N) is 1. The largest absolute Gasteiger partial charge is 0.342 e. The molecule has 0 aliphatic carbocycles. The van der Waals surface area contributed by atoms with E-state index in [4.69, 9.17) is 0 Å². The molecule has 2 saturated heterocycles. The molecule has 0 aromatic carbocycles. The van der Waals surface area contributed by atoms with Crippen LogP contribution in [0.25, 0.3) is 0 Å². The van der Waals surface area contributed by atoms with Crippen molar-refractivity contribution in [1.82, 2.24) is 19.7 Å². The topological polar surface area (TPSA) is 68.8 Å². The van der Waals surface area contributed by atoms with Gasteiger partial charge in [-0.1, -0.05) is 0 Å². The molecule has 2 fully saturated rings. The van der Waals surface area contributed by atoms with Gasteiger partial charge in [0.2, 0.25) is 11.8 Å². The molecule has 28 heavy (non-hydrogen) atoms. The number of likely N-dealkylation sites (tertiary alicyclic amines) is 2. The molecule has 1 N–H and O–H groups in total. The van der Waals surface area contributed by atoms with Crippen LogP contribution in [0.1, 0.15) is 36.3 Å². The highest BCUT2D eigenvalue weighted by Crippen LogP contribution is 2.23. The third-order valence-electron chi connectivity index (χ3n) is 6.08. The predicted molar refractivity (Wildman–Crippen MR) is 113 cm³/mol. The first-order valence-electron chi connectivity index (χ1n) is 10.2. The van der Waals surface area contributed by atoms with Gasteiger partial charge >= 0.3 is 0 Å². The fourth-order valence-electron chi connectivity index (χ4n) is 4.14. The quantitative estimate of drug-likeness (QED) is 0.808.